The lowest BCUT2D eigenvalue weighted by molar-refractivity contribution is -0.137. The van der Waals surface area contributed by atoms with Gasteiger partial charge in [-0.3, -0.25) is 9.59 Å². The highest BCUT2D eigenvalue weighted by Gasteiger charge is 2.30. The molecule has 1 aliphatic heterocycles. The Morgan fingerprint density at radius 3 is 2.35 bits per heavy atom. The number of hydrogen-bond acceptors (Lipinski definition) is 3. The molecule has 0 radical (unpaired) electrons. The maximum absolute atomic E-state index is 12.7. The lowest BCUT2D eigenvalue weighted by Gasteiger charge is -2.27. The predicted octanol–water partition coefficient (Wildman–Crippen LogP) is 3.13. The molecule has 1 saturated heterocycles. The van der Waals surface area contributed by atoms with Crippen LogP contribution in [0.15, 0.2) is 24.3 Å². The molecule has 0 bridgehead atoms. The maximum atomic E-state index is 12.7. The molecule has 1 heterocycles. The van der Waals surface area contributed by atoms with E-state index >= 15 is 0 Å². The minimum atomic E-state index is -0.498. The molecule has 0 spiro atoms. The van der Waals surface area contributed by atoms with Gasteiger partial charge in [-0.25, -0.2) is 0 Å². The molecule has 26 heavy (non-hydrogen) atoms. The molecule has 1 aromatic carbocycles. The average Bonchev–Trinajstić information content (AvgIpc) is 3.11. The van der Waals surface area contributed by atoms with Crippen LogP contribution in [0.2, 0.25) is 0 Å². The van der Waals surface area contributed by atoms with Gasteiger partial charge in [0.15, 0.2) is 6.61 Å². The topological polar surface area (TPSA) is 58.6 Å². The van der Waals surface area contributed by atoms with Gasteiger partial charge in [-0.2, -0.15) is 0 Å². The lowest BCUT2D eigenvalue weighted by atomic mass is 9.86. The standard InChI is InChI=1S/C21H32N2O3/c1-15(2)19(20(25)23-12-8-9-13-23)22-18(24)14-26-17-11-7-6-10-16(17)21(3,4)5/h6-7,10-11,15,19H,8-9,12-14H2,1-5H3,(H,22,24)/t19-/m0/s1. The minimum Gasteiger partial charge on any atom is -0.483 e. The maximum Gasteiger partial charge on any atom is 0.258 e. The van der Waals surface area contributed by atoms with Crippen LogP contribution in [0.3, 0.4) is 0 Å². The van der Waals surface area contributed by atoms with E-state index in [1.807, 2.05) is 43.0 Å². The summed E-state index contributed by atoms with van der Waals surface area (Å²) in [4.78, 5) is 26.9. The number of nitrogens with zero attached hydrogens (tertiary/aromatic N) is 1. The number of ether oxygens (including phenoxy) is 1. The number of amides is 2. The number of benzene rings is 1. The minimum absolute atomic E-state index is 0.0148. The van der Waals surface area contributed by atoms with E-state index in [2.05, 4.69) is 26.1 Å². The quantitative estimate of drug-likeness (QED) is 0.848. The molecule has 144 valence electrons. The van der Waals surface area contributed by atoms with Crippen molar-refractivity contribution in [3.05, 3.63) is 29.8 Å². The van der Waals surface area contributed by atoms with Gasteiger partial charge in [0.2, 0.25) is 5.91 Å². The van der Waals surface area contributed by atoms with Gasteiger partial charge in [0.25, 0.3) is 5.91 Å². The Hall–Kier alpha value is -2.04. The van der Waals surface area contributed by atoms with Gasteiger partial charge in [0.1, 0.15) is 11.8 Å². The van der Waals surface area contributed by atoms with Crippen LogP contribution in [-0.2, 0) is 15.0 Å². The van der Waals surface area contributed by atoms with Crippen LogP contribution < -0.4 is 10.1 Å². The zero-order valence-corrected chi connectivity index (χ0v) is 16.7. The number of nitrogens with one attached hydrogen (secondary N) is 1. The van der Waals surface area contributed by atoms with Crippen molar-refractivity contribution in [1.29, 1.82) is 0 Å². The van der Waals surface area contributed by atoms with Crippen LogP contribution in [0.5, 0.6) is 5.75 Å². The second-order valence-corrected chi connectivity index (χ2v) is 8.36. The first kappa shape index (κ1) is 20.3. The second-order valence-electron chi connectivity index (χ2n) is 8.36. The molecule has 5 heteroatoms. The summed E-state index contributed by atoms with van der Waals surface area (Å²) in [5.74, 6) is 0.497. The number of carbonyl (C=O) groups excluding carboxylic acids is 2. The molecule has 5 nitrogen and oxygen atoms in total. The van der Waals surface area contributed by atoms with Crippen molar-refractivity contribution in [2.75, 3.05) is 19.7 Å². The SMILES string of the molecule is CC(C)[C@H](NC(=O)COc1ccccc1C(C)(C)C)C(=O)N1CCCC1. The van der Waals surface area contributed by atoms with Crippen molar-refractivity contribution in [3.63, 3.8) is 0 Å². The second kappa shape index (κ2) is 8.56. The molecule has 0 aliphatic carbocycles. The first-order valence-electron chi connectivity index (χ1n) is 9.50. The molecule has 1 aromatic rings. The number of carbonyl (C=O) groups is 2. The van der Waals surface area contributed by atoms with E-state index in [9.17, 15) is 9.59 Å². The molecule has 1 fully saturated rings. The third kappa shape index (κ3) is 5.23. The highest BCUT2D eigenvalue weighted by Crippen LogP contribution is 2.30. The number of rotatable bonds is 6. The Morgan fingerprint density at radius 2 is 1.77 bits per heavy atom. The summed E-state index contributed by atoms with van der Waals surface area (Å²) in [5.41, 5.74) is 0.987. The number of likely N-dealkylation sites (tertiary alicyclic amines) is 1. The van der Waals surface area contributed by atoms with Crippen molar-refractivity contribution in [1.82, 2.24) is 10.2 Å². The summed E-state index contributed by atoms with van der Waals surface area (Å²) in [6.07, 6.45) is 2.08. The van der Waals surface area contributed by atoms with E-state index < -0.39 is 6.04 Å². The van der Waals surface area contributed by atoms with E-state index in [0.29, 0.717) is 5.75 Å². The van der Waals surface area contributed by atoms with Crippen LogP contribution in [-0.4, -0.2) is 42.5 Å². The van der Waals surface area contributed by atoms with Crippen molar-refractivity contribution in [2.24, 2.45) is 5.92 Å². The van der Waals surface area contributed by atoms with Gasteiger partial charge in [-0.05, 0) is 35.8 Å². The summed E-state index contributed by atoms with van der Waals surface area (Å²) in [7, 11) is 0. The molecule has 0 unspecified atom stereocenters. The van der Waals surface area contributed by atoms with Gasteiger partial charge in [-0.15, -0.1) is 0 Å². The van der Waals surface area contributed by atoms with E-state index in [0.717, 1.165) is 31.5 Å². The fourth-order valence-electron chi connectivity index (χ4n) is 3.22. The number of hydrogen-bond donors (Lipinski definition) is 1. The molecular weight excluding hydrogens is 328 g/mol. The Morgan fingerprint density at radius 1 is 1.15 bits per heavy atom. The predicted molar refractivity (Wildman–Crippen MR) is 103 cm³/mol. The molecular formula is C21H32N2O3. The van der Waals surface area contributed by atoms with Crippen molar-refractivity contribution < 1.29 is 14.3 Å². The largest absolute Gasteiger partial charge is 0.483 e. The lowest BCUT2D eigenvalue weighted by Crippen LogP contribution is -2.51. The van der Waals surface area contributed by atoms with Crippen molar-refractivity contribution in [2.45, 2.75) is 58.9 Å². The van der Waals surface area contributed by atoms with Crippen LogP contribution >= 0.6 is 0 Å². The smallest absolute Gasteiger partial charge is 0.258 e. The molecule has 0 aromatic heterocycles. The summed E-state index contributed by atoms with van der Waals surface area (Å²) < 4.78 is 5.77. The van der Waals surface area contributed by atoms with Crippen LogP contribution in [0.25, 0.3) is 0 Å². The number of para-hydroxylation sites is 1. The van der Waals surface area contributed by atoms with Crippen molar-refractivity contribution in [3.8, 4) is 5.75 Å². The van der Waals surface area contributed by atoms with Crippen LogP contribution in [0.4, 0.5) is 0 Å². The molecule has 1 atom stereocenters. The summed E-state index contributed by atoms with van der Waals surface area (Å²) in [6, 6.07) is 7.26. The molecule has 1 aliphatic rings. The Balaban J connectivity index is 1.98. The molecule has 2 rings (SSSR count). The Bertz CT molecular complexity index is 628. The fraction of sp³-hybridized carbons (Fsp3) is 0.619. The fourth-order valence-corrected chi connectivity index (χ4v) is 3.22. The highest BCUT2D eigenvalue weighted by molar-refractivity contribution is 5.88. The zero-order valence-electron chi connectivity index (χ0n) is 16.7. The monoisotopic (exact) mass is 360 g/mol. The van der Waals surface area contributed by atoms with Crippen LogP contribution in [0, 0.1) is 5.92 Å². The average molecular weight is 360 g/mol. The normalized spacial score (nSPS) is 15.8. The van der Waals surface area contributed by atoms with Crippen molar-refractivity contribution >= 4 is 11.8 Å². The third-order valence-corrected chi connectivity index (χ3v) is 4.72. The van der Waals surface area contributed by atoms with Crippen LogP contribution in [0.1, 0.15) is 53.0 Å². The van der Waals surface area contributed by atoms with Gasteiger partial charge in [0.05, 0.1) is 0 Å². The molecule has 2 amide bonds. The first-order valence-corrected chi connectivity index (χ1v) is 9.50. The highest BCUT2D eigenvalue weighted by atomic mass is 16.5. The van der Waals surface area contributed by atoms with E-state index in [4.69, 9.17) is 4.74 Å². The van der Waals surface area contributed by atoms with Gasteiger partial charge < -0.3 is 15.0 Å². The van der Waals surface area contributed by atoms with Gasteiger partial charge >= 0.3 is 0 Å². The zero-order chi connectivity index (χ0) is 19.3. The Kier molecular flexibility index (Phi) is 6.68. The van der Waals surface area contributed by atoms with Gasteiger partial charge in [0, 0.05) is 13.1 Å². The molecule has 0 saturated carbocycles. The van der Waals surface area contributed by atoms with E-state index in [-0.39, 0.29) is 29.8 Å². The summed E-state index contributed by atoms with van der Waals surface area (Å²) in [6.45, 7) is 11.7. The Labute approximate surface area is 157 Å². The molecule has 1 N–H and O–H groups in total. The van der Waals surface area contributed by atoms with E-state index in [1.165, 1.54) is 0 Å². The third-order valence-electron chi connectivity index (χ3n) is 4.72. The van der Waals surface area contributed by atoms with E-state index in [1.54, 1.807) is 0 Å². The summed E-state index contributed by atoms with van der Waals surface area (Å²) >= 11 is 0. The first-order chi connectivity index (χ1) is 12.2. The summed E-state index contributed by atoms with van der Waals surface area (Å²) in [5, 5.41) is 2.87. The van der Waals surface area contributed by atoms with Gasteiger partial charge in [-0.1, -0.05) is 52.8 Å².